The van der Waals surface area contributed by atoms with Crippen molar-refractivity contribution < 1.29 is 5.11 Å². The zero-order chi connectivity index (χ0) is 9.54. The number of hydrogen-bond donors (Lipinski definition) is 2. The van der Waals surface area contributed by atoms with Gasteiger partial charge in [0.1, 0.15) is 12.2 Å². The third kappa shape index (κ3) is 1.33. The highest BCUT2D eigenvalue weighted by Crippen LogP contribution is 2.37. The molecule has 1 aliphatic carbocycles. The fraction of sp³-hybridized carbons (Fsp3) is 0.778. The molecule has 0 aromatic carbocycles. The third-order valence-corrected chi connectivity index (χ3v) is 2.96. The molecule has 5 heteroatoms. The fourth-order valence-electron chi connectivity index (χ4n) is 2.05. The first-order valence-electron chi connectivity index (χ1n) is 5.15. The van der Waals surface area contributed by atoms with Crippen LogP contribution in [0.4, 0.5) is 0 Å². The Morgan fingerprint density at radius 3 is 3.00 bits per heavy atom. The molecule has 1 saturated carbocycles. The third-order valence-electron chi connectivity index (χ3n) is 2.96. The summed E-state index contributed by atoms with van der Waals surface area (Å²) in [6.45, 7) is 0.669. The van der Waals surface area contributed by atoms with E-state index in [4.69, 9.17) is 0 Å². The summed E-state index contributed by atoms with van der Waals surface area (Å²) in [7, 11) is 0. The normalized spacial score (nSPS) is 32.4. The Hall–Kier alpha value is -0.940. The van der Waals surface area contributed by atoms with Crippen molar-refractivity contribution in [2.24, 2.45) is 0 Å². The number of aliphatic hydroxyl groups is 1. The zero-order valence-electron chi connectivity index (χ0n) is 7.93. The van der Waals surface area contributed by atoms with Crippen LogP contribution in [-0.2, 0) is 0 Å². The minimum absolute atomic E-state index is 0.188. The predicted molar refractivity (Wildman–Crippen MR) is 49.7 cm³/mol. The van der Waals surface area contributed by atoms with Crippen LogP contribution >= 0.6 is 0 Å². The summed E-state index contributed by atoms with van der Waals surface area (Å²) in [6, 6.07) is 0.799. The quantitative estimate of drug-likeness (QED) is 0.696. The van der Waals surface area contributed by atoms with E-state index in [1.165, 1.54) is 12.8 Å². The summed E-state index contributed by atoms with van der Waals surface area (Å²) < 4.78 is 2.15. The van der Waals surface area contributed by atoms with Gasteiger partial charge in [-0.05, 0) is 19.3 Å². The first kappa shape index (κ1) is 8.38. The molecule has 2 N–H and O–H groups in total. The lowest BCUT2D eigenvalue weighted by molar-refractivity contribution is 0.192. The summed E-state index contributed by atoms with van der Waals surface area (Å²) in [6.07, 6.45) is 4.80. The van der Waals surface area contributed by atoms with Gasteiger partial charge >= 0.3 is 0 Å². The van der Waals surface area contributed by atoms with Crippen LogP contribution in [0.15, 0.2) is 6.33 Å². The number of β-amino-alcohol motifs (C(OH)–C–C–N with tert-alkyl or cyclic N) is 1. The molecule has 2 atom stereocenters. The van der Waals surface area contributed by atoms with Gasteiger partial charge in [0, 0.05) is 12.6 Å². The van der Waals surface area contributed by atoms with Gasteiger partial charge in [0.25, 0.3) is 0 Å². The molecule has 5 nitrogen and oxygen atoms in total. The topological polar surface area (TPSA) is 63.0 Å². The van der Waals surface area contributed by atoms with Crippen LogP contribution in [0.3, 0.4) is 0 Å². The van der Waals surface area contributed by atoms with E-state index in [1.807, 2.05) is 0 Å². The molecular weight excluding hydrogens is 180 g/mol. The summed E-state index contributed by atoms with van der Waals surface area (Å²) in [5.74, 6) is 0.990. The maximum Gasteiger partial charge on any atom is 0.150 e. The second kappa shape index (κ2) is 3.03. The molecule has 1 aromatic rings. The van der Waals surface area contributed by atoms with Crippen LogP contribution in [0.5, 0.6) is 0 Å². The second-order valence-corrected chi connectivity index (χ2v) is 4.18. The lowest BCUT2D eigenvalue weighted by atomic mass is 10.2. The molecule has 0 bridgehead atoms. The van der Waals surface area contributed by atoms with E-state index in [0.717, 1.165) is 12.2 Å². The Bertz CT molecular complexity index is 333. The van der Waals surface area contributed by atoms with Gasteiger partial charge in [-0.1, -0.05) is 0 Å². The van der Waals surface area contributed by atoms with Crippen LogP contribution in [0.25, 0.3) is 0 Å². The van der Waals surface area contributed by atoms with Gasteiger partial charge in [-0.2, -0.15) is 0 Å². The molecule has 0 amide bonds. The molecule has 2 aliphatic rings. The van der Waals surface area contributed by atoms with Gasteiger partial charge in [0.15, 0.2) is 0 Å². The molecule has 0 radical (unpaired) electrons. The minimum atomic E-state index is -0.232. The molecule has 2 heterocycles. The van der Waals surface area contributed by atoms with Crippen molar-refractivity contribution in [2.45, 2.75) is 37.5 Å². The van der Waals surface area contributed by atoms with Gasteiger partial charge in [-0.3, -0.25) is 0 Å². The summed E-state index contributed by atoms with van der Waals surface area (Å²) in [5.41, 5.74) is 0. The van der Waals surface area contributed by atoms with Crippen molar-refractivity contribution >= 4 is 0 Å². The Balaban J connectivity index is 1.84. The number of aliphatic hydroxyl groups excluding tert-OH is 1. The van der Waals surface area contributed by atoms with E-state index in [9.17, 15) is 5.11 Å². The number of rotatable bonds is 2. The van der Waals surface area contributed by atoms with Gasteiger partial charge in [-0.15, -0.1) is 10.2 Å². The van der Waals surface area contributed by atoms with E-state index in [2.05, 4.69) is 20.1 Å². The minimum Gasteiger partial charge on any atom is -0.392 e. The molecule has 0 spiro atoms. The molecular formula is C9H14N4O. The van der Waals surface area contributed by atoms with Crippen molar-refractivity contribution in [2.75, 3.05) is 6.54 Å². The summed E-state index contributed by atoms with van der Waals surface area (Å²) >= 11 is 0. The smallest absolute Gasteiger partial charge is 0.150 e. The molecule has 1 saturated heterocycles. The Kier molecular flexibility index (Phi) is 1.81. The molecule has 2 fully saturated rings. The number of nitrogens with zero attached hydrogens (tertiary/aromatic N) is 3. The maximum atomic E-state index is 9.42. The predicted octanol–water partition coefficient (Wildman–Crippen LogP) is 0.00830. The molecule has 76 valence electrons. The Morgan fingerprint density at radius 2 is 2.36 bits per heavy atom. The van der Waals surface area contributed by atoms with Crippen LogP contribution < -0.4 is 5.32 Å². The van der Waals surface area contributed by atoms with E-state index in [1.54, 1.807) is 6.33 Å². The highest BCUT2D eigenvalue weighted by molar-refractivity contribution is 5.03. The van der Waals surface area contributed by atoms with Crippen LogP contribution in [-0.4, -0.2) is 32.5 Å². The lowest BCUT2D eigenvalue weighted by Crippen LogP contribution is -2.18. The largest absolute Gasteiger partial charge is 0.392 e. The van der Waals surface area contributed by atoms with Crippen LogP contribution in [0, 0.1) is 0 Å². The summed E-state index contributed by atoms with van der Waals surface area (Å²) in [4.78, 5) is 0. The molecule has 1 aliphatic heterocycles. The van der Waals surface area contributed by atoms with E-state index < -0.39 is 0 Å². The number of hydrogen-bond acceptors (Lipinski definition) is 4. The highest BCUT2D eigenvalue weighted by Gasteiger charge is 2.32. The van der Waals surface area contributed by atoms with Crippen molar-refractivity contribution in [3.63, 3.8) is 0 Å². The SMILES string of the molecule is O[C@H]1CN[C@@H](c2nncn2C2CC2)C1. The van der Waals surface area contributed by atoms with Gasteiger partial charge in [-0.25, -0.2) is 0 Å². The van der Waals surface area contributed by atoms with Crippen molar-refractivity contribution in [1.82, 2.24) is 20.1 Å². The number of aromatic nitrogens is 3. The lowest BCUT2D eigenvalue weighted by Gasteiger charge is -2.10. The van der Waals surface area contributed by atoms with Gasteiger partial charge < -0.3 is 15.0 Å². The van der Waals surface area contributed by atoms with Crippen molar-refractivity contribution in [3.8, 4) is 0 Å². The Morgan fingerprint density at radius 1 is 1.50 bits per heavy atom. The monoisotopic (exact) mass is 194 g/mol. The highest BCUT2D eigenvalue weighted by atomic mass is 16.3. The van der Waals surface area contributed by atoms with Crippen molar-refractivity contribution in [3.05, 3.63) is 12.2 Å². The fourth-order valence-corrected chi connectivity index (χ4v) is 2.05. The Labute approximate surface area is 82.1 Å². The molecule has 1 aromatic heterocycles. The average molecular weight is 194 g/mol. The van der Waals surface area contributed by atoms with Crippen LogP contribution in [0.1, 0.15) is 37.2 Å². The van der Waals surface area contributed by atoms with E-state index >= 15 is 0 Å². The molecule has 0 unspecified atom stereocenters. The van der Waals surface area contributed by atoms with Gasteiger partial charge in [0.2, 0.25) is 0 Å². The molecule has 14 heavy (non-hydrogen) atoms. The second-order valence-electron chi connectivity index (χ2n) is 4.18. The zero-order valence-corrected chi connectivity index (χ0v) is 7.93. The van der Waals surface area contributed by atoms with E-state index in [-0.39, 0.29) is 12.1 Å². The van der Waals surface area contributed by atoms with Crippen LogP contribution in [0.2, 0.25) is 0 Å². The first-order chi connectivity index (χ1) is 6.84. The average Bonchev–Trinajstić information content (AvgIpc) is 2.75. The maximum absolute atomic E-state index is 9.42. The standard InChI is InChI=1S/C9H14N4O/c14-7-3-8(10-4-7)9-12-11-5-13(9)6-1-2-6/h5-8,10,14H,1-4H2/t7-,8-/m1/s1. The summed E-state index contributed by atoms with van der Waals surface area (Å²) in [5, 5.41) is 20.8. The van der Waals surface area contributed by atoms with E-state index in [0.29, 0.717) is 12.6 Å². The number of nitrogens with one attached hydrogen (secondary N) is 1. The first-order valence-corrected chi connectivity index (χ1v) is 5.15. The van der Waals surface area contributed by atoms with Crippen molar-refractivity contribution in [1.29, 1.82) is 0 Å². The molecule has 3 rings (SSSR count). The van der Waals surface area contributed by atoms with Gasteiger partial charge in [0.05, 0.1) is 12.1 Å².